The van der Waals surface area contributed by atoms with E-state index in [0.29, 0.717) is 16.8 Å². The average Bonchev–Trinajstić information content (AvgIpc) is 2.47. The second-order valence-electron chi connectivity index (χ2n) is 4.59. The van der Waals surface area contributed by atoms with Gasteiger partial charge in [-0.15, -0.1) is 15.9 Å². The van der Waals surface area contributed by atoms with Gasteiger partial charge in [0.2, 0.25) is 0 Å². The van der Waals surface area contributed by atoms with Crippen molar-refractivity contribution in [2.45, 2.75) is 0 Å². The Kier molecular flexibility index (Phi) is 8.07. The number of nitrogens with zero attached hydrogens (tertiary/aromatic N) is 1. The van der Waals surface area contributed by atoms with Crippen molar-refractivity contribution in [1.29, 1.82) is 0 Å². The summed E-state index contributed by atoms with van der Waals surface area (Å²) < 4.78 is 39.4. The number of allylic oxidation sites excluding steroid dienone is 3. The minimum absolute atomic E-state index is 0. The minimum Gasteiger partial charge on any atom is -0.491 e. The molecule has 1 aliphatic rings. The van der Waals surface area contributed by atoms with Crippen LogP contribution in [0.15, 0.2) is 35.0 Å². The summed E-state index contributed by atoms with van der Waals surface area (Å²) in [6.45, 7) is 4.40. The Balaban J connectivity index is 0.00000264. The summed E-state index contributed by atoms with van der Waals surface area (Å²) in [5.41, 5.74) is 0.693. The van der Waals surface area contributed by atoms with Gasteiger partial charge in [-0.2, -0.15) is 12.2 Å². The first-order chi connectivity index (χ1) is 10.5. The van der Waals surface area contributed by atoms with Gasteiger partial charge in [0.1, 0.15) is 12.4 Å². The summed E-state index contributed by atoms with van der Waals surface area (Å²) >= 11 is 3.30. The van der Waals surface area contributed by atoms with E-state index in [1.165, 1.54) is 7.11 Å². The number of hydrogen-bond acceptors (Lipinski definition) is 3. The average molecular weight is 460 g/mol. The van der Waals surface area contributed by atoms with Crippen LogP contribution in [0.25, 0.3) is 5.70 Å². The number of benzene rings is 1. The van der Waals surface area contributed by atoms with Crippen molar-refractivity contribution < 1.29 is 51.0 Å². The molecule has 0 aromatic heterocycles. The molecule has 0 bridgehead atoms. The van der Waals surface area contributed by atoms with Crippen molar-refractivity contribution in [3.05, 3.63) is 58.2 Å². The molecule has 7 heteroatoms. The second-order valence-corrected chi connectivity index (χ2v) is 5.45. The van der Waals surface area contributed by atoms with Gasteiger partial charge in [-0.3, -0.25) is 0 Å². The fourth-order valence-electron chi connectivity index (χ4n) is 1.95. The monoisotopic (exact) mass is 459 g/mol. The molecule has 0 amide bonds. The molecule has 3 nitrogen and oxygen atoms in total. The molecule has 0 saturated carbocycles. The quantitative estimate of drug-likeness (QED) is 0.492. The molecule has 1 radical (unpaired) electrons. The first-order valence-corrected chi connectivity index (χ1v) is 7.28. The normalized spacial score (nSPS) is 14.1. The minimum atomic E-state index is -0.721. The van der Waals surface area contributed by atoms with E-state index in [0.717, 1.165) is 12.1 Å². The number of hydrogen-bond donors (Lipinski definition) is 0. The van der Waals surface area contributed by atoms with Crippen molar-refractivity contribution in [3.63, 3.8) is 0 Å². The van der Waals surface area contributed by atoms with Gasteiger partial charge in [0, 0.05) is 59.0 Å². The van der Waals surface area contributed by atoms with Crippen LogP contribution in [0.3, 0.4) is 0 Å². The van der Waals surface area contributed by atoms with Crippen LogP contribution in [-0.4, -0.2) is 32.3 Å². The predicted octanol–water partition coefficient (Wildman–Crippen LogP) is 3.87. The van der Waals surface area contributed by atoms with Crippen molar-refractivity contribution in [2.24, 2.45) is 0 Å². The maximum atomic E-state index is 14.3. The maximum absolute atomic E-state index is 14.3. The number of ether oxygens (including phenoxy) is 2. The molecule has 1 aromatic carbocycles. The van der Waals surface area contributed by atoms with Crippen LogP contribution in [0, 0.1) is 17.7 Å². The van der Waals surface area contributed by atoms with Crippen LogP contribution >= 0.6 is 15.9 Å². The molecule has 0 unspecified atom stereocenters. The van der Waals surface area contributed by atoms with Crippen molar-refractivity contribution in [2.75, 3.05) is 27.4 Å². The second kappa shape index (κ2) is 9.06. The van der Waals surface area contributed by atoms with Crippen LogP contribution in [0.2, 0.25) is 0 Å². The van der Waals surface area contributed by atoms with E-state index in [2.05, 4.69) is 28.6 Å². The Labute approximate surface area is 168 Å². The van der Waals surface area contributed by atoms with Gasteiger partial charge < -0.3 is 14.4 Å². The van der Waals surface area contributed by atoms with E-state index >= 15 is 0 Å². The Hall–Kier alpha value is -0.556. The first kappa shape index (κ1) is 20.5. The Morgan fingerprint density at radius 1 is 1.26 bits per heavy atom. The van der Waals surface area contributed by atoms with E-state index in [1.807, 2.05) is 0 Å². The van der Waals surface area contributed by atoms with Gasteiger partial charge in [-0.1, -0.05) is 16.8 Å². The van der Waals surface area contributed by atoms with Crippen LogP contribution in [-0.2, 0) is 37.4 Å². The summed E-state index contributed by atoms with van der Waals surface area (Å²) in [5.74, 6) is -1.33. The molecule has 1 aromatic rings. The molecule has 1 aliphatic heterocycles. The summed E-state index contributed by atoms with van der Waals surface area (Å²) in [5, 5.41) is 0. The van der Waals surface area contributed by atoms with Gasteiger partial charge >= 0.3 is 0 Å². The third-order valence-electron chi connectivity index (χ3n) is 3.16. The van der Waals surface area contributed by atoms with Gasteiger partial charge in [0.25, 0.3) is 0 Å². The summed E-state index contributed by atoms with van der Waals surface area (Å²) in [6.07, 6.45) is 4.43. The van der Waals surface area contributed by atoms with Gasteiger partial charge in [-0.25, -0.2) is 8.78 Å². The molecule has 121 valence electrons. The van der Waals surface area contributed by atoms with Gasteiger partial charge in [-0.05, 0) is 11.3 Å². The van der Waals surface area contributed by atoms with Crippen LogP contribution in [0.4, 0.5) is 8.78 Å². The zero-order chi connectivity index (χ0) is 16.3. The fraction of sp³-hybridized carbons (Fsp3) is 0.250. The van der Waals surface area contributed by atoms with E-state index in [4.69, 9.17) is 9.47 Å². The molecular weight excluding hydrogens is 445 g/mol. The Morgan fingerprint density at radius 2 is 1.87 bits per heavy atom. The van der Waals surface area contributed by atoms with E-state index in [9.17, 15) is 8.78 Å². The van der Waals surface area contributed by atoms with Crippen molar-refractivity contribution in [3.8, 4) is 5.75 Å². The number of likely N-dealkylation sites (N-methyl/N-ethyl adjacent to an activating group) is 1. The van der Waals surface area contributed by atoms with E-state index in [-0.39, 0.29) is 56.3 Å². The van der Waals surface area contributed by atoms with Gasteiger partial charge in [0.05, 0.1) is 18.2 Å². The third kappa shape index (κ3) is 4.72. The predicted molar refractivity (Wildman–Crippen MR) is 84.3 cm³/mol. The first-order valence-electron chi connectivity index (χ1n) is 6.49. The van der Waals surface area contributed by atoms with Crippen LogP contribution in [0.1, 0.15) is 5.56 Å². The largest absolute Gasteiger partial charge is 0.491 e. The van der Waals surface area contributed by atoms with Gasteiger partial charge in [0.15, 0.2) is 0 Å². The fourth-order valence-corrected chi connectivity index (χ4v) is 2.33. The molecular formula is C16H15BrF2NO2Y-. The van der Waals surface area contributed by atoms with Crippen LogP contribution in [0.5, 0.6) is 5.75 Å². The number of rotatable bonds is 5. The molecule has 0 saturated heterocycles. The molecule has 1 heterocycles. The van der Waals surface area contributed by atoms with Crippen LogP contribution < -0.4 is 4.74 Å². The summed E-state index contributed by atoms with van der Waals surface area (Å²) in [6, 6.07) is 2.29. The summed E-state index contributed by atoms with van der Waals surface area (Å²) in [7, 11) is 3.19. The zero-order valence-electron chi connectivity index (χ0n) is 12.8. The van der Waals surface area contributed by atoms with E-state index < -0.39 is 11.6 Å². The van der Waals surface area contributed by atoms with Crippen molar-refractivity contribution >= 4 is 21.6 Å². The standard InChI is InChI=1S/C16H15BrF2NO2.Y/c1-10-12(17)4-5-15(20(10)2)16-13(18)8-11(9-14(16)19)22-7-6-21-3;/h4,8-9H,1,6-7H2,2-3H3;/q-1;. The molecule has 0 fully saturated rings. The SMILES string of the molecule is C=C1C(Br)=C[C-]=C(c2c(F)cc(OCCOC)cc2F)N1C.[Y]. The zero-order valence-corrected chi connectivity index (χ0v) is 17.3. The smallest absolute Gasteiger partial charge is 0.123 e. The number of methoxy groups -OCH3 is 1. The van der Waals surface area contributed by atoms with Crippen molar-refractivity contribution in [1.82, 2.24) is 4.90 Å². The Bertz CT molecular complexity index is 638. The molecule has 0 atom stereocenters. The maximum Gasteiger partial charge on any atom is 0.123 e. The molecule has 0 spiro atoms. The molecule has 23 heavy (non-hydrogen) atoms. The number of halogens is 3. The molecule has 0 aliphatic carbocycles. The summed E-state index contributed by atoms with van der Waals surface area (Å²) in [4.78, 5) is 1.57. The Morgan fingerprint density at radius 3 is 2.43 bits per heavy atom. The molecule has 2 rings (SSSR count). The third-order valence-corrected chi connectivity index (χ3v) is 3.85. The molecule has 0 N–H and O–H groups in total. The topological polar surface area (TPSA) is 21.7 Å². The van der Waals surface area contributed by atoms with E-state index in [1.54, 1.807) is 18.0 Å².